The van der Waals surface area contributed by atoms with Crippen LogP contribution in [0.2, 0.25) is 0 Å². The van der Waals surface area contributed by atoms with Gasteiger partial charge in [-0.25, -0.2) is 0 Å². The summed E-state index contributed by atoms with van der Waals surface area (Å²) in [5.41, 5.74) is 2.87. The van der Waals surface area contributed by atoms with Crippen molar-refractivity contribution in [2.24, 2.45) is 0 Å². The lowest BCUT2D eigenvalue weighted by molar-refractivity contribution is 0.219. The molecule has 0 saturated carbocycles. The van der Waals surface area contributed by atoms with Crippen LogP contribution in [0.3, 0.4) is 0 Å². The van der Waals surface area contributed by atoms with Gasteiger partial charge >= 0.3 is 0 Å². The fourth-order valence-electron chi connectivity index (χ4n) is 2.17. The molecule has 0 aromatic heterocycles. The lowest BCUT2D eigenvalue weighted by Gasteiger charge is -2.15. The number of aliphatic hydroxyl groups is 1. The Bertz CT molecular complexity index is 578. The zero-order valence-electron chi connectivity index (χ0n) is 12.5. The van der Waals surface area contributed by atoms with Gasteiger partial charge in [-0.1, -0.05) is 47.5 Å². The van der Waals surface area contributed by atoms with Gasteiger partial charge < -0.3 is 9.84 Å². The quantitative estimate of drug-likeness (QED) is 0.742. The van der Waals surface area contributed by atoms with E-state index >= 15 is 0 Å². The summed E-state index contributed by atoms with van der Waals surface area (Å²) in [6, 6.07) is 13.6. The van der Waals surface area contributed by atoms with Gasteiger partial charge in [-0.2, -0.15) is 0 Å². The highest BCUT2D eigenvalue weighted by molar-refractivity contribution is 9.10. The number of hydrogen-bond donors (Lipinski definition) is 1. The Balaban J connectivity index is 2.12. The molecule has 0 bridgehead atoms. The first-order valence-electron chi connectivity index (χ1n) is 7.28. The van der Waals surface area contributed by atoms with E-state index in [1.165, 1.54) is 0 Å². The minimum absolute atomic E-state index is 0.618. The van der Waals surface area contributed by atoms with Crippen molar-refractivity contribution in [3.8, 4) is 5.75 Å². The van der Waals surface area contributed by atoms with Gasteiger partial charge in [0.15, 0.2) is 0 Å². The SMILES string of the molecule is CCCCOc1ccc(C(O)c2cc(Br)ccc2C)cc1. The molecule has 2 aromatic rings. The molecule has 1 unspecified atom stereocenters. The fraction of sp³-hybridized carbons (Fsp3) is 0.333. The Hall–Kier alpha value is -1.32. The normalized spacial score (nSPS) is 12.2. The Morgan fingerprint density at radius 3 is 2.52 bits per heavy atom. The highest BCUT2D eigenvalue weighted by Crippen LogP contribution is 2.28. The molecule has 0 amide bonds. The molecule has 21 heavy (non-hydrogen) atoms. The highest BCUT2D eigenvalue weighted by atomic mass is 79.9. The zero-order valence-corrected chi connectivity index (χ0v) is 14.1. The van der Waals surface area contributed by atoms with Crippen molar-refractivity contribution in [2.45, 2.75) is 32.8 Å². The molecular weight excluding hydrogens is 328 g/mol. The fourth-order valence-corrected chi connectivity index (χ4v) is 2.54. The van der Waals surface area contributed by atoms with E-state index in [9.17, 15) is 5.11 Å². The summed E-state index contributed by atoms with van der Waals surface area (Å²) in [5, 5.41) is 10.5. The van der Waals surface area contributed by atoms with Crippen LogP contribution in [-0.4, -0.2) is 11.7 Å². The van der Waals surface area contributed by atoms with Gasteiger partial charge in [0.25, 0.3) is 0 Å². The van der Waals surface area contributed by atoms with E-state index in [0.717, 1.165) is 46.4 Å². The van der Waals surface area contributed by atoms with Crippen LogP contribution in [0.25, 0.3) is 0 Å². The molecule has 0 aliphatic carbocycles. The number of ether oxygens (including phenoxy) is 1. The lowest BCUT2D eigenvalue weighted by atomic mass is 9.97. The van der Waals surface area contributed by atoms with Crippen molar-refractivity contribution >= 4 is 15.9 Å². The first kappa shape index (κ1) is 16.1. The van der Waals surface area contributed by atoms with Gasteiger partial charge in [0.2, 0.25) is 0 Å². The van der Waals surface area contributed by atoms with Crippen molar-refractivity contribution in [1.29, 1.82) is 0 Å². The molecule has 2 aromatic carbocycles. The van der Waals surface area contributed by atoms with Gasteiger partial charge in [0.1, 0.15) is 11.9 Å². The van der Waals surface area contributed by atoms with Crippen LogP contribution < -0.4 is 4.74 Å². The molecular formula is C18H21BrO2. The minimum atomic E-state index is -0.618. The maximum Gasteiger partial charge on any atom is 0.119 e. The average Bonchev–Trinajstić information content (AvgIpc) is 2.50. The molecule has 1 atom stereocenters. The first-order chi connectivity index (χ1) is 10.1. The van der Waals surface area contributed by atoms with Crippen molar-refractivity contribution in [1.82, 2.24) is 0 Å². The lowest BCUT2D eigenvalue weighted by Crippen LogP contribution is -2.02. The Labute approximate surface area is 134 Å². The predicted molar refractivity (Wildman–Crippen MR) is 89.8 cm³/mol. The highest BCUT2D eigenvalue weighted by Gasteiger charge is 2.13. The van der Waals surface area contributed by atoms with E-state index < -0.39 is 6.10 Å². The molecule has 0 aliphatic rings. The number of rotatable bonds is 6. The number of aliphatic hydroxyl groups excluding tert-OH is 1. The van der Waals surface area contributed by atoms with Gasteiger partial charge in [-0.15, -0.1) is 0 Å². The Kier molecular flexibility index (Phi) is 5.83. The summed E-state index contributed by atoms with van der Waals surface area (Å²) < 4.78 is 6.61. The zero-order chi connectivity index (χ0) is 15.2. The maximum atomic E-state index is 10.5. The second kappa shape index (κ2) is 7.62. The topological polar surface area (TPSA) is 29.5 Å². The molecule has 0 radical (unpaired) electrons. The number of unbranched alkanes of at least 4 members (excludes halogenated alkanes) is 1. The molecule has 3 heteroatoms. The molecule has 112 valence electrons. The second-order valence-corrected chi connectivity index (χ2v) is 6.09. The van der Waals surface area contributed by atoms with Gasteiger partial charge in [-0.3, -0.25) is 0 Å². The van der Waals surface area contributed by atoms with Gasteiger partial charge in [0, 0.05) is 4.47 Å². The van der Waals surface area contributed by atoms with Crippen LogP contribution >= 0.6 is 15.9 Å². The van der Waals surface area contributed by atoms with Crippen molar-refractivity contribution < 1.29 is 9.84 Å². The molecule has 1 N–H and O–H groups in total. The molecule has 2 nitrogen and oxygen atoms in total. The van der Waals surface area contributed by atoms with Crippen LogP contribution in [0.15, 0.2) is 46.9 Å². The minimum Gasteiger partial charge on any atom is -0.494 e. The van der Waals surface area contributed by atoms with E-state index in [1.54, 1.807) is 0 Å². The maximum absolute atomic E-state index is 10.5. The van der Waals surface area contributed by atoms with E-state index in [1.807, 2.05) is 49.4 Å². The van der Waals surface area contributed by atoms with Crippen molar-refractivity contribution in [3.05, 3.63) is 63.6 Å². The van der Waals surface area contributed by atoms with Crippen LogP contribution in [-0.2, 0) is 0 Å². The average molecular weight is 349 g/mol. The molecule has 0 fully saturated rings. The smallest absolute Gasteiger partial charge is 0.119 e. The summed E-state index contributed by atoms with van der Waals surface area (Å²) in [7, 11) is 0. The predicted octanol–water partition coefficient (Wildman–Crippen LogP) is 5.02. The van der Waals surface area contributed by atoms with Gasteiger partial charge in [0.05, 0.1) is 6.61 Å². The molecule has 2 rings (SSSR count). The Morgan fingerprint density at radius 1 is 1.14 bits per heavy atom. The van der Waals surface area contributed by atoms with Crippen LogP contribution in [0.5, 0.6) is 5.75 Å². The number of hydrogen-bond acceptors (Lipinski definition) is 2. The van der Waals surface area contributed by atoms with Crippen LogP contribution in [0, 0.1) is 6.92 Å². The molecule has 0 spiro atoms. The summed E-state index contributed by atoms with van der Waals surface area (Å²) in [6.07, 6.45) is 1.56. The third-order valence-corrected chi connectivity index (χ3v) is 3.99. The second-order valence-electron chi connectivity index (χ2n) is 5.17. The summed E-state index contributed by atoms with van der Waals surface area (Å²) in [5.74, 6) is 0.852. The van der Waals surface area contributed by atoms with Crippen LogP contribution in [0.1, 0.15) is 42.6 Å². The number of halogens is 1. The third kappa shape index (κ3) is 4.32. The molecule has 0 saturated heterocycles. The number of benzene rings is 2. The number of aryl methyl sites for hydroxylation is 1. The Morgan fingerprint density at radius 2 is 1.86 bits per heavy atom. The largest absolute Gasteiger partial charge is 0.494 e. The summed E-state index contributed by atoms with van der Waals surface area (Å²) in [4.78, 5) is 0. The van der Waals surface area contributed by atoms with E-state index in [4.69, 9.17) is 4.74 Å². The van der Waals surface area contributed by atoms with E-state index in [-0.39, 0.29) is 0 Å². The standard InChI is InChI=1S/C18H21BrO2/c1-3-4-11-21-16-9-6-14(7-10-16)18(20)17-12-15(19)8-5-13(17)2/h5-10,12,18,20H,3-4,11H2,1-2H3. The van der Waals surface area contributed by atoms with Crippen molar-refractivity contribution in [2.75, 3.05) is 6.61 Å². The first-order valence-corrected chi connectivity index (χ1v) is 8.08. The summed E-state index contributed by atoms with van der Waals surface area (Å²) in [6.45, 7) is 4.89. The van der Waals surface area contributed by atoms with Gasteiger partial charge in [-0.05, 0) is 54.3 Å². The monoisotopic (exact) mass is 348 g/mol. The van der Waals surface area contributed by atoms with Crippen molar-refractivity contribution in [3.63, 3.8) is 0 Å². The van der Waals surface area contributed by atoms with Crippen LogP contribution in [0.4, 0.5) is 0 Å². The van der Waals surface area contributed by atoms with E-state index in [0.29, 0.717) is 0 Å². The third-order valence-electron chi connectivity index (χ3n) is 3.50. The summed E-state index contributed by atoms with van der Waals surface area (Å²) >= 11 is 3.45. The van der Waals surface area contributed by atoms with E-state index in [2.05, 4.69) is 22.9 Å². The molecule has 0 heterocycles. The molecule has 0 aliphatic heterocycles.